The molecule has 0 amide bonds. The smallest absolute Gasteiger partial charge is 0.0576 e. The van der Waals surface area contributed by atoms with Gasteiger partial charge in [-0.3, -0.25) is 4.90 Å². The SMILES string of the molecule is CCOC1CCC(N(C2CCC(OCC)CC2)C2CCC3C4C(CCCC42)C2C(C)C4C5CCCC6CCCC(C65)C4C(C)C32)CC1. The van der Waals surface area contributed by atoms with Crippen LogP contribution in [0.15, 0.2) is 0 Å². The monoisotopic (exact) mass is 648 g/mol. The Morgan fingerprint density at radius 2 is 0.851 bits per heavy atom. The van der Waals surface area contributed by atoms with Crippen molar-refractivity contribution in [3.05, 3.63) is 0 Å². The Morgan fingerprint density at radius 3 is 1.34 bits per heavy atom. The molecule has 0 bridgehead atoms. The minimum Gasteiger partial charge on any atom is -0.379 e. The highest BCUT2D eigenvalue weighted by atomic mass is 16.5. The van der Waals surface area contributed by atoms with Crippen LogP contribution in [-0.2, 0) is 9.47 Å². The summed E-state index contributed by atoms with van der Waals surface area (Å²) in [6.45, 7) is 11.9. The van der Waals surface area contributed by atoms with Crippen molar-refractivity contribution in [3.63, 3.8) is 0 Å². The Labute approximate surface area is 289 Å². The zero-order valence-corrected chi connectivity index (χ0v) is 31.1. The lowest BCUT2D eigenvalue weighted by molar-refractivity contribution is -0.0786. The maximum atomic E-state index is 6.19. The van der Waals surface area contributed by atoms with Crippen LogP contribution in [0, 0.1) is 82.9 Å². The lowest BCUT2D eigenvalue weighted by Crippen LogP contribution is -2.58. The molecule has 0 aromatic rings. The molecule has 266 valence electrons. The van der Waals surface area contributed by atoms with Crippen molar-refractivity contribution in [2.24, 2.45) is 82.9 Å². The van der Waals surface area contributed by atoms with Crippen molar-refractivity contribution in [1.82, 2.24) is 4.90 Å². The van der Waals surface area contributed by atoms with Crippen molar-refractivity contribution >= 4 is 0 Å². The minimum absolute atomic E-state index is 0.519. The van der Waals surface area contributed by atoms with Gasteiger partial charge in [0.2, 0.25) is 0 Å². The van der Waals surface area contributed by atoms with Crippen LogP contribution in [0.5, 0.6) is 0 Å². The molecule has 15 unspecified atom stereocenters. The predicted molar refractivity (Wildman–Crippen MR) is 192 cm³/mol. The van der Waals surface area contributed by atoms with E-state index >= 15 is 0 Å². The molecule has 0 N–H and O–H groups in total. The fourth-order valence-electron chi connectivity index (χ4n) is 17.4. The Hall–Kier alpha value is -0.120. The van der Waals surface area contributed by atoms with E-state index in [0.717, 1.165) is 114 Å². The van der Waals surface area contributed by atoms with E-state index in [1.54, 1.807) is 57.8 Å². The van der Waals surface area contributed by atoms with Gasteiger partial charge in [-0.2, -0.15) is 0 Å². The summed E-state index contributed by atoms with van der Waals surface area (Å²) in [5.74, 6) is 14.8. The zero-order valence-electron chi connectivity index (χ0n) is 31.1. The first-order chi connectivity index (χ1) is 23.1. The number of nitrogens with zero attached hydrogens (tertiary/aromatic N) is 1. The molecule has 0 aromatic carbocycles. The van der Waals surface area contributed by atoms with Crippen LogP contribution in [0.2, 0.25) is 0 Å². The van der Waals surface area contributed by atoms with Crippen LogP contribution in [-0.4, -0.2) is 48.4 Å². The Morgan fingerprint density at radius 1 is 0.426 bits per heavy atom. The summed E-state index contributed by atoms with van der Waals surface area (Å²) in [6, 6.07) is 2.45. The third kappa shape index (κ3) is 5.32. The van der Waals surface area contributed by atoms with Crippen molar-refractivity contribution in [2.75, 3.05) is 13.2 Å². The largest absolute Gasteiger partial charge is 0.379 e. The van der Waals surface area contributed by atoms with Gasteiger partial charge in [0.1, 0.15) is 0 Å². The second kappa shape index (κ2) is 13.5. The van der Waals surface area contributed by atoms with E-state index in [4.69, 9.17) is 9.47 Å². The number of fused-ring (bicyclic) bond motifs is 6. The molecule has 0 aromatic heterocycles. The number of hydrogen-bond acceptors (Lipinski definition) is 3. The molecule has 0 aliphatic heterocycles. The molecule has 9 rings (SSSR count). The molecule has 9 aliphatic carbocycles. The Bertz CT molecular complexity index is 997. The topological polar surface area (TPSA) is 21.7 Å². The average Bonchev–Trinajstić information content (AvgIpc) is 3.63. The fourth-order valence-corrected chi connectivity index (χ4v) is 17.4. The summed E-state index contributed by atoms with van der Waals surface area (Å²) in [5, 5.41) is 0. The molecule has 9 fully saturated rings. The first kappa shape index (κ1) is 32.8. The van der Waals surface area contributed by atoms with E-state index in [1.165, 1.54) is 64.2 Å². The quantitative estimate of drug-likeness (QED) is 0.274. The first-order valence-corrected chi connectivity index (χ1v) is 22.1. The fraction of sp³-hybridized carbons (Fsp3) is 1.00. The van der Waals surface area contributed by atoms with Gasteiger partial charge >= 0.3 is 0 Å². The third-order valence-corrected chi connectivity index (χ3v) is 18.2. The number of ether oxygens (including phenoxy) is 2. The number of rotatable bonds is 7. The highest BCUT2D eigenvalue weighted by Gasteiger charge is 2.68. The van der Waals surface area contributed by atoms with Crippen LogP contribution >= 0.6 is 0 Å². The second-order valence-corrected chi connectivity index (χ2v) is 19.4. The molecular weight excluding hydrogens is 574 g/mol. The van der Waals surface area contributed by atoms with E-state index in [9.17, 15) is 0 Å². The lowest BCUT2D eigenvalue weighted by atomic mass is 9.54. The van der Waals surface area contributed by atoms with Crippen LogP contribution in [0.25, 0.3) is 0 Å². The van der Waals surface area contributed by atoms with Gasteiger partial charge in [-0.05, 0) is 187 Å². The highest BCUT2D eigenvalue weighted by Crippen LogP contribution is 2.73. The molecule has 0 saturated heterocycles. The van der Waals surface area contributed by atoms with E-state index in [1.807, 2.05) is 0 Å². The summed E-state index contributed by atoms with van der Waals surface area (Å²) in [7, 11) is 0. The van der Waals surface area contributed by atoms with E-state index < -0.39 is 0 Å². The highest BCUT2D eigenvalue weighted by molar-refractivity contribution is 5.16. The van der Waals surface area contributed by atoms with Crippen molar-refractivity contribution in [3.8, 4) is 0 Å². The van der Waals surface area contributed by atoms with Gasteiger partial charge in [0, 0.05) is 31.3 Å². The molecule has 3 nitrogen and oxygen atoms in total. The molecule has 0 heterocycles. The van der Waals surface area contributed by atoms with Gasteiger partial charge in [0.25, 0.3) is 0 Å². The van der Waals surface area contributed by atoms with Crippen molar-refractivity contribution < 1.29 is 9.47 Å². The third-order valence-electron chi connectivity index (χ3n) is 18.2. The Kier molecular flexibility index (Phi) is 9.38. The molecule has 9 saturated carbocycles. The molecule has 15 atom stereocenters. The molecular formula is C44H73NO2. The van der Waals surface area contributed by atoms with E-state index in [2.05, 4.69) is 32.6 Å². The summed E-state index contributed by atoms with van der Waals surface area (Å²) < 4.78 is 12.4. The Balaban J connectivity index is 0.997. The van der Waals surface area contributed by atoms with Gasteiger partial charge in [-0.1, -0.05) is 46.0 Å². The molecule has 0 radical (unpaired) electrons. The van der Waals surface area contributed by atoms with Crippen LogP contribution in [0.3, 0.4) is 0 Å². The lowest BCUT2D eigenvalue weighted by Gasteiger charge is -2.55. The second-order valence-electron chi connectivity index (χ2n) is 19.4. The van der Waals surface area contributed by atoms with Gasteiger partial charge in [0.15, 0.2) is 0 Å². The van der Waals surface area contributed by atoms with E-state index in [0.29, 0.717) is 12.2 Å². The summed E-state index contributed by atoms with van der Waals surface area (Å²) in [4.78, 5) is 3.30. The van der Waals surface area contributed by atoms with Gasteiger partial charge in [-0.15, -0.1) is 0 Å². The average molecular weight is 648 g/mol. The minimum atomic E-state index is 0.519. The van der Waals surface area contributed by atoms with Gasteiger partial charge in [0.05, 0.1) is 12.2 Å². The summed E-state index contributed by atoms with van der Waals surface area (Å²) in [6.07, 6.45) is 29.0. The van der Waals surface area contributed by atoms with Crippen molar-refractivity contribution in [1.29, 1.82) is 0 Å². The number of hydrogen-bond donors (Lipinski definition) is 0. The van der Waals surface area contributed by atoms with E-state index in [-0.39, 0.29) is 0 Å². The van der Waals surface area contributed by atoms with Crippen LogP contribution in [0.1, 0.15) is 150 Å². The van der Waals surface area contributed by atoms with Crippen LogP contribution < -0.4 is 0 Å². The van der Waals surface area contributed by atoms with Crippen LogP contribution in [0.4, 0.5) is 0 Å². The maximum Gasteiger partial charge on any atom is 0.0576 e. The van der Waals surface area contributed by atoms with Gasteiger partial charge < -0.3 is 9.47 Å². The van der Waals surface area contributed by atoms with Gasteiger partial charge in [-0.25, -0.2) is 0 Å². The maximum absolute atomic E-state index is 6.19. The van der Waals surface area contributed by atoms with Crippen molar-refractivity contribution in [2.45, 2.75) is 180 Å². The standard InChI is InChI=1S/C44H73NO2/c1-5-46-31-20-16-29(17-21-31)45(30-18-22-32(23-19-30)47-6-2)38-25-24-37-42-27(4)40-35-14-8-11-28-10-7-13-34(43(28)35)39(40)26(3)41(42)36-15-9-12-33(38)44(36)37/h26-44H,5-25H2,1-4H3. The summed E-state index contributed by atoms with van der Waals surface area (Å²) >= 11 is 0. The normalized spacial score (nSPS) is 55.2. The molecule has 47 heavy (non-hydrogen) atoms. The summed E-state index contributed by atoms with van der Waals surface area (Å²) in [5.41, 5.74) is 0. The first-order valence-electron chi connectivity index (χ1n) is 22.1. The zero-order chi connectivity index (χ0) is 31.8. The molecule has 0 spiro atoms. The predicted octanol–water partition coefficient (Wildman–Crippen LogP) is 10.4. The molecule has 3 heteroatoms. The molecule has 9 aliphatic rings.